The number of hydrogen-bond donors (Lipinski definition) is 0. The molecule has 0 N–H and O–H groups in total. The largest absolute Gasteiger partial charge is 0.494 e. The van der Waals surface area contributed by atoms with Crippen LogP contribution in [0.3, 0.4) is 0 Å². The van der Waals surface area contributed by atoms with Crippen LogP contribution in [0.25, 0.3) is 5.70 Å². The van der Waals surface area contributed by atoms with Crippen LogP contribution >= 0.6 is 11.8 Å². The molecule has 0 radical (unpaired) electrons. The Hall–Kier alpha value is -3.06. The molecule has 1 fully saturated rings. The number of fused-ring (bicyclic) bond motifs is 1. The molecule has 0 saturated carbocycles. The summed E-state index contributed by atoms with van der Waals surface area (Å²) in [7, 11) is 0. The van der Waals surface area contributed by atoms with Crippen LogP contribution in [0.2, 0.25) is 0 Å². The third kappa shape index (κ3) is 3.73. The van der Waals surface area contributed by atoms with E-state index < -0.39 is 12.0 Å². The first-order valence-electron chi connectivity index (χ1n) is 9.87. The standard InChI is InChI=1S/C23H22N2O4S/c1-3-28-17-12-10-16(11-13-17)21-19(22(27)29-4-2)20(15-8-6-5-7-9-15)24-23-25(21)18(26)14-30-23/h5-13,21H,3-4,14H2,1-2H3. The van der Waals surface area contributed by atoms with Gasteiger partial charge in [-0.1, -0.05) is 54.2 Å². The van der Waals surface area contributed by atoms with Crippen LogP contribution in [0.1, 0.15) is 31.0 Å². The molecule has 2 heterocycles. The molecule has 0 aromatic heterocycles. The highest BCUT2D eigenvalue weighted by Crippen LogP contribution is 2.44. The fraction of sp³-hybridized carbons (Fsp3) is 0.261. The van der Waals surface area contributed by atoms with Crippen LogP contribution in [0.15, 0.2) is 65.2 Å². The normalized spacial score (nSPS) is 18.2. The lowest BCUT2D eigenvalue weighted by atomic mass is 9.92. The Morgan fingerprint density at radius 3 is 2.50 bits per heavy atom. The van der Waals surface area contributed by atoms with Crippen LogP contribution in [0, 0.1) is 0 Å². The number of amidine groups is 1. The molecule has 0 spiro atoms. The Morgan fingerprint density at radius 2 is 1.83 bits per heavy atom. The highest BCUT2D eigenvalue weighted by molar-refractivity contribution is 8.15. The van der Waals surface area contributed by atoms with Gasteiger partial charge in [-0.25, -0.2) is 9.79 Å². The maximum absolute atomic E-state index is 13.1. The zero-order valence-electron chi connectivity index (χ0n) is 16.8. The molecule has 2 aromatic rings. The van der Waals surface area contributed by atoms with Gasteiger partial charge in [0.25, 0.3) is 0 Å². The Labute approximate surface area is 179 Å². The van der Waals surface area contributed by atoms with E-state index in [9.17, 15) is 9.59 Å². The second-order valence-corrected chi connectivity index (χ2v) is 7.64. The molecule has 0 aliphatic carbocycles. The highest BCUT2D eigenvalue weighted by atomic mass is 32.2. The molecule has 2 aromatic carbocycles. The number of nitrogens with zero attached hydrogens (tertiary/aromatic N) is 2. The van der Waals surface area contributed by atoms with E-state index in [0.717, 1.165) is 16.9 Å². The number of rotatable bonds is 6. The smallest absolute Gasteiger partial charge is 0.338 e. The van der Waals surface area contributed by atoms with E-state index in [2.05, 4.69) is 0 Å². The zero-order valence-corrected chi connectivity index (χ0v) is 17.6. The predicted octanol–water partition coefficient (Wildman–Crippen LogP) is 4.05. The third-order valence-electron chi connectivity index (χ3n) is 4.84. The van der Waals surface area contributed by atoms with E-state index >= 15 is 0 Å². The molecule has 1 saturated heterocycles. The van der Waals surface area contributed by atoms with Gasteiger partial charge in [0, 0.05) is 5.56 Å². The molecular formula is C23H22N2O4S. The summed E-state index contributed by atoms with van der Waals surface area (Å²) in [5.41, 5.74) is 2.52. The average molecular weight is 423 g/mol. The van der Waals surface area contributed by atoms with Crippen molar-refractivity contribution in [1.29, 1.82) is 0 Å². The summed E-state index contributed by atoms with van der Waals surface area (Å²) >= 11 is 1.39. The molecule has 2 aliphatic rings. The van der Waals surface area contributed by atoms with Gasteiger partial charge in [-0.2, -0.15) is 0 Å². The molecule has 6 nitrogen and oxygen atoms in total. The van der Waals surface area contributed by atoms with E-state index in [-0.39, 0.29) is 12.5 Å². The van der Waals surface area contributed by atoms with Crippen molar-refractivity contribution >= 4 is 34.5 Å². The second kappa shape index (κ2) is 8.75. The van der Waals surface area contributed by atoms with Gasteiger partial charge in [0.05, 0.1) is 36.3 Å². The average Bonchev–Trinajstić information content (AvgIpc) is 3.14. The minimum atomic E-state index is -0.607. The Kier molecular flexibility index (Phi) is 5.90. The predicted molar refractivity (Wildman–Crippen MR) is 117 cm³/mol. The van der Waals surface area contributed by atoms with Gasteiger partial charge in [0.2, 0.25) is 5.91 Å². The summed E-state index contributed by atoms with van der Waals surface area (Å²) in [5.74, 6) is 0.483. The molecule has 30 heavy (non-hydrogen) atoms. The van der Waals surface area contributed by atoms with Crippen LogP contribution in [-0.2, 0) is 14.3 Å². The Bertz CT molecular complexity index is 1020. The van der Waals surface area contributed by atoms with Crippen molar-refractivity contribution in [3.8, 4) is 5.75 Å². The summed E-state index contributed by atoms with van der Waals surface area (Å²) in [4.78, 5) is 32.2. The van der Waals surface area contributed by atoms with Crippen molar-refractivity contribution in [2.45, 2.75) is 19.9 Å². The first kappa shape index (κ1) is 20.2. The van der Waals surface area contributed by atoms with Crippen molar-refractivity contribution in [3.05, 3.63) is 71.3 Å². The topological polar surface area (TPSA) is 68.2 Å². The quantitative estimate of drug-likeness (QED) is 0.657. The number of carbonyl (C=O) groups excluding carboxylic acids is 2. The molecule has 2 aliphatic heterocycles. The number of carbonyl (C=O) groups is 2. The molecule has 1 amide bonds. The first-order chi connectivity index (χ1) is 14.6. The lowest BCUT2D eigenvalue weighted by Gasteiger charge is -2.33. The van der Waals surface area contributed by atoms with E-state index in [4.69, 9.17) is 14.5 Å². The van der Waals surface area contributed by atoms with Crippen molar-refractivity contribution < 1.29 is 19.1 Å². The van der Waals surface area contributed by atoms with Crippen LogP contribution in [-0.4, -0.2) is 40.9 Å². The van der Waals surface area contributed by atoms with Crippen LogP contribution in [0.4, 0.5) is 0 Å². The van der Waals surface area contributed by atoms with Gasteiger partial charge in [0.15, 0.2) is 5.17 Å². The van der Waals surface area contributed by atoms with Gasteiger partial charge in [0.1, 0.15) is 5.75 Å². The molecule has 154 valence electrons. The van der Waals surface area contributed by atoms with Gasteiger partial charge in [-0.3, -0.25) is 9.69 Å². The maximum Gasteiger partial charge on any atom is 0.338 e. The first-order valence-corrected chi connectivity index (χ1v) is 10.9. The molecule has 4 rings (SSSR count). The van der Waals surface area contributed by atoms with Gasteiger partial charge >= 0.3 is 5.97 Å². The Balaban J connectivity index is 1.90. The lowest BCUT2D eigenvalue weighted by Crippen LogP contribution is -2.39. The minimum absolute atomic E-state index is 0.0773. The summed E-state index contributed by atoms with van der Waals surface area (Å²) in [5, 5.41) is 0.603. The van der Waals surface area contributed by atoms with Crippen LogP contribution in [0.5, 0.6) is 5.75 Å². The maximum atomic E-state index is 13.1. The fourth-order valence-electron chi connectivity index (χ4n) is 3.59. The molecular weight excluding hydrogens is 400 g/mol. The summed E-state index contributed by atoms with van der Waals surface area (Å²) in [6, 6.07) is 16.4. The van der Waals surface area contributed by atoms with Crippen LogP contribution < -0.4 is 4.74 Å². The SMILES string of the molecule is CCOC(=O)C1=C(c2ccccc2)N=C2SCC(=O)N2C1c1ccc(OCC)cc1. The number of benzene rings is 2. The molecule has 1 atom stereocenters. The molecule has 0 bridgehead atoms. The summed E-state index contributed by atoms with van der Waals surface area (Å²) in [6.45, 7) is 4.49. The zero-order chi connectivity index (χ0) is 21.1. The number of hydrogen-bond acceptors (Lipinski definition) is 6. The number of ether oxygens (including phenoxy) is 2. The second-order valence-electron chi connectivity index (χ2n) is 6.70. The number of aliphatic imine (C=N–C) groups is 1. The van der Waals surface area contributed by atoms with Crippen molar-refractivity contribution in [2.75, 3.05) is 19.0 Å². The highest BCUT2D eigenvalue weighted by Gasteiger charge is 2.44. The van der Waals surface area contributed by atoms with Crippen molar-refractivity contribution in [2.24, 2.45) is 4.99 Å². The molecule has 1 unspecified atom stereocenters. The summed E-state index contributed by atoms with van der Waals surface area (Å²) in [6.07, 6.45) is 0. The number of esters is 1. The lowest BCUT2D eigenvalue weighted by molar-refractivity contribution is -0.139. The van der Waals surface area contributed by atoms with E-state index in [1.807, 2.05) is 61.5 Å². The molecule has 7 heteroatoms. The minimum Gasteiger partial charge on any atom is -0.494 e. The fourth-order valence-corrected chi connectivity index (χ4v) is 4.48. The Morgan fingerprint density at radius 1 is 1.10 bits per heavy atom. The number of thioether (sulfide) groups is 1. The van der Waals surface area contributed by atoms with Crippen molar-refractivity contribution in [1.82, 2.24) is 4.90 Å². The monoisotopic (exact) mass is 422 g/mol. The number of amides is 1. The van der Waals surface area contributed by atoms with Gasteiger partial charge < -0.3 is 9.47 Å². The third-order valence-corrected chi connectivity index (χ3v) is 5.78. The van der Waals surface area contributed by atoms with Gasteiger partial charge in [-0.15, -0.1) is 0 Å². The van der Waals surface area contributed by atoms with E-state index in [1.165, 1.54) is 11.8 Å². The van der Waals surface area contributed by atoms with Crippen molar-refractivity contribution in [3.63, 3.8) is 0 Å². The summed E-state index contributed by atoms with van der Waals surface area (Å²) < 4.78 is 10.9. The van der Waals surface area contributed by atoms with E-state index in [0.29, 0.717) is 28.8 Å². The van der Waals surface area contributed by atoms with Gasteiger partial charge in [-0.05, 0) is 31.5 Å². The van der Waals surface area contributed by atoms with E-state index in [1.54, 1.807) is 11.8 Å².